The van der Waals surface area contributed by atoms with E-state index in [1.165, 1.54) is 0 Å². The molecule has 3 heterocycles. The lowest BCUT2D eigenvalue weighted by atomic mass is 10.2. The lowest BCUT2D eigenvalue weighted by molar-refractivity contribution is 0.0137. The number of carbonyl (C=O) groups is 2. The highest BCUT2D eigenvalue weighted by Crippen LogP contribution is 2.24. The summed E-state index contributed by atoms with van der Waals surface area (Å²) >= 11 is 0. The molecule has 2 amide bonds. The summed E-state index contributed by atoms with van der Waals surface area (Å²) in [4.78, 5) is 31.9. The van der Waals surface area contributed by atoms with E-state index >= 15 is 0 Å². The van der Waals surface area contributed by atoms with E-state index in [4.69, 9.17) is 13.9 Å². The Bertz CT molecular complexity index is 789. The fraction of sp³-hybridized carbons (Fsp3) is 0.421. The van der Waals surface area contributed by atoms with Gasteiger partial charge < -0.3 is 23.7 Å². The number of aromatic nitrogens is 1. The Morgan fingerprint density at radius 2 is 1.78 bits per heavy atom. The summed E-state index contributed by atoms with van der Waals surface area (Å²) in [6.07, 6.45) is 2.83. The van der Waals surface area contributed by atoms with Gasteiger partial charge in [0.05, 0.1) is 6.20 Å². The van der Waals surface area contributed by atoms with Crippen LogP contribution in [0.2, 0.25) is 0 Å². The summed E-state index contributed by atoms with van der Waals surface area (Å²) in [5, 5.41) is 0. The van der Waals surface area contributed by atoms with Crippen LogP contribution >= 0.6 is 0 Å². The Kier molecular flexibility index (Phi) is 5.34. The molecule has 0 bridgehead atoms. The summed E-state index contributed by atoms with van der Waals surface area (Å²) in [5.41, 5.74) is -0.539. The van der Waals surface area contributed by atoms with Gasteiger partial charge in [-0.15, -0.1) is 0 Å². The van der Waals surface area contributed by atoms with Crippen LogP contribution in [0.5, 0.6) is 11.7 Å². The number of pyridine rings is 1. The first-order valence-electron chi connectivity index (χ1n) is 8.77. The Hall–Kier alpha value is -3.03. The minimum atomic E-state index is -0.539. The number of furan rings is 1. The molecule has 1 aliphatic rings. The molecule has 1 fully saturated rings. The number of hydrogen-bond acceptors (Lipinski definition) is 6. The molecule has 2 aromatic rings. The highest BCUT2D eigenvalue weighted by atomic mass is 16.6. The Morgan fingerprint density at radius 3 is 2.41 bits per heavy atom. The molecule has 0 unspecified atom stereocenters. The molecular weight excluding hydrogens is 350 g/mol. The second kappa shape index (κ2) is 7.69. The molecule has 8 heteroatoms. The van der Waals surface area contributed by atoms with E-state index in [1.807, 2.05) is 20.8 Å². The molecule has 1 aliphatic heterocycles. The predicted octanol–water partition coefficient (Wildman–Crippen LogP) is 3.16. The number of nitrogens with zero attached hydrogens (tertiary/aromatic N) is 3. The summed E-state index contributed by atoms with van der Waals surface area (Å²) in [6, 6.07) is 6.66. The molecule has 144 valence electrons. The van der Waals surface area contributed by atoms with Gasteiger partial charge in [-0.1, -0.05) is 0 Å². The molecule has 0 saturated carbocycles. The smallest absolute Gasteiger partial charge is 0.410 e. The molecule has 0 aliphatic carbocycles. The fourth-order valence-electron chi connectivity index (χ4n) is 2.59. The number of piperazine rings is 1. The fourth-order valence-corrected chi connectivity index (χ4v) is 2.59. The van der Waals surface area contributed by atoms with Crippen LogP contribution in [0, 0.1) is 0 Å². The van der Waals surface area contributed by atoms with Crippen molar-refractivity contribution in [1.29, 1.82) is 0 Å². The number of amides is 2. The minimum Gasteiger partial charge on any atom is -0.444 e. The first kappa shape index (κ1) is 18.8. The maximum atomic E-state index is 12.6. The van der Waals surface area contributed by atoms with E-state index in [9.17, 15) is 9.59 Å². The second-order valence-corrected chi connectivity index (χ2v) is 7.17. The van der Waals surface area contributed by atoms with Crippen molar-refractivity contribution in [3.8, 4) is 11.7 Å². The number of carbonyl (C=O) groups excluding carboxylic acids is 2. The Balaban J connectivity index is 1.54. The summed E-state index contributed by atoms with van der Waals surface area (Å²) in [7, 11) is 0. The van der Waals surface area contributed by atoms with Crippen LogP contribution in [0.3, 0.4) is 0 Å². The van der Waals surface area contributed by atoms with Crippen LogP contribution in [-0.4, -0.2) is 58.6 Å². The lowest BCUT2D eigenvalue weighted by Gasteiger charge is -2.35. The molecule has 27 heavy (non-hydrogen) atoms. The highest BCUT2D eigenvalue weighted by Gasteiger charge is 2.29. The van der Waals surface area contributed by atoms with Crippen molar-refractivity contribution in [2.75, 3.05) is 26.2 Å². The summed E-state index contributed by atoms with van der Waals surface area (Å²) < 4.78 is 16.4. The third-order valence-electron chi connectivity index (χ3n) is 3.86. The number of ether oxygens (including phenoxy) is 2. The molecule has 3 rings (SSSR count). The SMILES string of the molecule is CC(C)(C)OC(=O)N1CCN(C(=O)c2ccc(Oc3cccnc3)o2)CC1. The lowest BCUT2D eigenvalue weighted by Crippen LogP contribution is -2.51. The third-order valence-corrected chi connectivity index (χ3v) is 3.86. The van der Waals surface area contributed by atoms with Crippen LogP contribution in [-0.2, 0) is 4.74 Å². The van der Waals surface area contributed by atoms with Gasteiger partial charge in [-0.25, -0.2) is 4.79 Å². The molecule has 0 N–H and O–H groups in total. The largest absolute Gasteiger partial charge is 0.444 e. The zero-order valence-electron chi connectivity index (χ0n) is 15.7. The van der Waals surface area contributed by atoms with Crippen LogP contribution in [0.15, 0.2) is 41.1 Å². The van der Waals surface area contributed by atoms with Gasteiger partial charge in [-0.2, -0.15) is 0 Å². The van der Waals surface area contributed by atoms with Gasteiger partial charge in [0.2, 0.25) is 0 Å². The average molecular weight is 373 g/mol. The second-order valence-electron chi connectivity index (χ2n) is 7.17. The minimum absolute atomic E-state index is 0.194. The Labute approximate surface area is 157 Å². The molecule has 0 aromatic carbocycles. The van der Waals surface area contributed by atoms with Gasteiger partial charge >= 0.3 is 6.09 Å². The molecule has 0 radical (unpaired) electrons. The quantitative estimate of drug-likeness (QED) is 0.822. The average Bonchev–Trinajstić information content (AvgIpc) is 3.09. The van der Waals surface area contributed by atoms with Crippen LogP contribution in [0.25, 0.3) is 0 Å². The van der Waals surface area contributed by atoms with E-state index in [-0.39, 0.29) is 23.7 Å². The topological polar surface area (TPSA) is 85.1 Å². The third kappa shape index (κ3) is 4.99. The van der Waals surface area contributed by atoms with Crippen molar-refractivity contribution in [3.05, 3.63) is 42.4 Å². The maximum Gasteiger partial charge on any atom is 0.410 e. The Morgan fingerprint density at radius 1 is 1.07 bits per heavy atom. The van der Waals surface area contributed by atoms with Crippen molar-refractivity contribution in [3.63, 3.8) is 0 Å². The van der Waals surface area contributed by atoms with Gasteiger partial charge in [-0.3, -0.25) is 9.78 Å². The van der Waals surface area contributed by atoms with Gasteiger partial charge in [0.1, 0.15) is 11.4 Å². The number of hydrogen-bond donors (Lipinski definition) is 0. The molecule has 1 saturated heterocycles. The van der Waals surface area contributed by atoms with Crippen LogP contribution < -0.4 is 4.74 Å². The molecule has 2 aromatic heterocycles. The van der Waals surface area contributed by atoms with Gasteiger partial charge in [0.15, 0.2) is 5.76 Å². The van der Waals surface area contributed by atoms with Gasteiger partial charge in [-0.05, 0) is 39.0 Å². The molecule has 0 atom stereocenters. The van der Waals surface area contributed by atoms with E-state index in [2.05, 4.69) is 4.98 Å². The molecule has 8 nitrogen and oxygen atoms in total. The van der Waals surface area contributed by atoms with Crippen molar-refractivity contribution in [2.45, 2.75) is 26.4 Å². The first-order chi connectivity index (χ1) is 12.8. The van der Waals surface area contributed by atoms with Crippen molar-refractivity contribution in [2.24, 2.45) is 0 Å². The summed E-state index contributed by atoms with van der Waals surface area (Å²) in [6.45, 7) is 7.14. The first-order valence-corrected chi connectivity index (χ1v) is 8.77. The standard InChI is InChI=1S/C19H23N3O5/c1-19(2,3)27-18(24)22-11-9-21(10-12-22)17(23)15-6-7-16(26-15)25-14-5-4-8-20-13-14/h4-8,13H,9-12H2,1-3H3. The van der Waals surface area contributed by atoms with E-state index in [0.29, 0.717) is 31.9 Å². The normalized spacial score (nSPS) is 14.8. The van der Waals surface area contributed by atoms with Gasteiger partial charge in [0.25, 0.3) is 11.9 Å². The van der Waals surface area contributed by atoms with Gasteiger partial charge in [0, 0.05) is 38.4 Å². The van der Waals surface area contributed by atoms with Crippen molar-refractivity contribution in [1.82, 2.24) is 14.8 Å². The zero-order chi connectivity index (χ0) is 19.4. The summed E-state index contributed by atoms with van der Waals surface area (Å²) in [5.74, 6) is 0.704. The molecular formula is C19H23N3O5. The van der Waals surface area contributed by atoms with E-state index < -0.39 is 5.60 Å². The molecule has 0 spiro atoms. The zero-order valence-corrected chi connectivity index (χ0v) is 15.7. The predicted molar refractivity (Wildman–Crippen MR) is 96.7 cm³/mol. The van der Waals surface area contributed by atoms with Crippen molar-refractivity contribution >= 4 is 12.0 Å². The maximum absolute atomic E-state index is 12.6. The van der Waals surface area contributed by atoms with Crippen LogP contribution in [0.1, 0.15) is 31.3 Å². The highest BCUT2D eigenvalue weighted by molar-refractivity contribution is 5.91. The van der Waals surface area contributed by atoms with E-state index in [1.54, 1.807) is 46.5 Å². The van der Waals surface area contributed by atoms with Crippen molar-refractivity contribution < 1.29 is 23.5 Å². The number of rotatable bonds is 3. The monoisotopic (exact) mass is 373 g/mol. The van der Waals surface area contributed by atoms with Crippen LogP contribution in [0.4, 0.5) is 4.79 Å². The van der Waals surface area contributed by atoms with E-state index in [0.717, 1.165) is 0 Å².